The first-order valence-corrected chi connectivity index (χ1v) is 8.93. The first-order valence-electron chi connectivity index (χ1n) is 8.93. The summed E-state index contributed by atoms with van der Waals surface area (Å²) in [5, 5.41) is 15.9. The number of benzene rings is 4. The largest absolute Gasteiger partial charge is 0.507 e. The smallest absolute Gasteiger partial charge is 0.361 e. The van der Waals surface area contributed by atoms with E-state index in [0.29, 0.717) is 0 Å². The van der Waals surface area contributed by atoms with Crippen molar-refractivity contribution in [3.8, 4) is 5.75 Å². The second-order valence-electron chi connectivity index (χ2n) is 6.59. The van der Waals surface area contributed by atoms with Gasteiger partial charge in [-0.1, -0.05) is 54.6 Å². The lowest BCUT2D eigenvalue weighted by atomic mass is 10.0. The number of hydrogen-bond donors (Lipinski definition) is 1. The molecule has 0 aliphatic heterocycles. The summed E-state index contributed by atoms with van der Waals surface area (Å²) in [7, 11) is 0. The van der Waals surface area contributed by atoms with Gasteiger partial charge in [-0.25, -0.2) is 4.42 Å². The van der Waals surface area contributed by atoms with Crippen molar-refractivity contribution in [2.24, 2.45) is 0 Å². The standard InChI is InChI=1S/C25H16O2/c26-24-15-9-17-5-1-3-7-20(17)22(24)13-11-19-12-14-23-21-8-4-2-6-18(21)10-16-25(23)27-19/h1-16H/p+1/b13-11-. The predicted molar refractivity (Wildman–Crippen MR) is 113 cm³/mol. The molecule has 1 N–H and O–H groups in total. The van der Waals surface area contributed by atoms with Crippen LogP contribution in [0.2, 0.25) is 0 Å². The van der Waals surface area contributed by atoms with Crippen LogP contribution in [0.15, 0.2) is 89.3 Å². The highest BCUT2D eigenvalue weighted by atomic mass is 16.3. The molecule has 5 aromatic rings. The summed E-state index contributed by atoms with van der Waals surface area (Å²) < 4.78 is 6.08. The second kappa shape index (κ2) is 6.26. The first-order chi connectivity index (χ1) is 13.3. The van der Waals surface area contributed by atoms with Crippen molar-refractivity contribution in [2.45, 2.75) is 0 Å². The Labute approximate surface area is 156 Å². The molecule has 0 saturated heterocycles. The van der Waals surface area contributed by atoms with Gasteiger partial charge in [0, 0.05) is 23.8 Å². The molecule has 5 rings (SSSR count). The summed E-state index contributed by atoms with van der Waals surface area (Å²) in [6.45, 7) is 0. The molecule has 0 atom stereocenters. The van der Waals surface area contributed by atoms with Gasteiger partial charge in [-0.15, -0.1) is 0 Å². The topological polar surface area (TPSA) is 31.5 Å². The van der Waals surface area contributed by atoms with Gasteiger partial charge in [0.15, 0.2) is 0 Å². The van der Waals surface area contributed by atoms with E-state index < -0.39 is 0 Å². The molecule has 0 aliphatic rings. The van der Waals surface area contributed by atoms with Crippen molar-refractivity contribution >= 4 is 44.7 Å². The van der Waals surface area contributed by atoms with E-state index in [1.165, 1.54) is 10.8 Å². The third-order valence-corrected chi connectivity index (χ3v) is 4.93. The van der Waals surface area contributed by atoms with Crippen molar-refractivity contribution in [3.05, 3.63) is 96.3 Å². The lowest BCUT2D eigenvalue weighted by molar-refractivity contribution is 0.475. The van der Waals surface area contributed by atoms with Gasteiger partial charge in [0.05, 0.1) is 5.39 Å². The van der Waals surface area contributed by atoms with Gasteiger partial charge in [-0.05, 0) is 45.8 Å². The fourth-order valence-corrected chi connectivity index (χ4v) is 3.58. The number of hydrogen-bond acceptors (Lipinski definition) is 1. The van der Waals surface area contributed by atoms with Gasteiger partial charge in [0.25, 0.3) is 0 Å². The number of phenols is 1. The van der Waals surface area contributed by atoms with Crippen LogP contribution in [0.3, 0.4) is 0 Å². The molecule has 2 nitrogen and oxygen atoms in total. The normalized spacial score (nSPS) is 11.7. The minimum absolute atomic E-state index is 0.261. The maximum atomic E-state index is 10.3. The average molecular weight is 349 g/mol. The van der Waals surface area contributed by atoms with Crippen LogP contribution in [0.25, 0.3) is 44.7 Å². The van der Waals surface area contributed by atoms with E-state index in [-0.39, 0.29) is 5.75 Å². The first kappa shape index (κ1) is 15.6. The quantitative estimate of drug-likeness (QED) is 0.278. The fraction of sp³-hybridized carbons (Fsp3) is 0. The van der Waals surface area contributed by atoms with Gasteiger partial charge >= 0.3 is 11.3 Å². The van der Waals surface area contributed by atoms with Crippen molar-refractivity contribution < 1.29 is 9.52 Å². The highest BCUT2D eigenvalue weighted by molar-refractivity contribution is 6.05. The lowest BCUT2D eigenvalue weighted by Gasteiger charge is -2.04. The van der Waals surface area contributed by atoms with E-state index in [2.05, 4.69) is 24.3 Å². The van der Waals surface area contributed by atoms with E-state index in [1.807, 2.05) is 66.7 Å². The van der Waals surface area contributed by atoms with Crippen LogP contribution >= 0.6 is 0 Å². The summed E-state index contributed by atoms with van der Waals surface area (Å²) in [5.74, 6) is 1.00. The molecule has 2 heteroatoms. The SMILES string of the molecule is Oc1ccc2ccccc2c1/C=C\c1ccc2c(ccc3ccccc32)[o+]1. The van der Waals surface area contributed by atoms with E-state index in [4.69, 9.17) is 4.42 Å². The lowest BCUT2D eigenvalue weighted by Crippen LogP contribution is -1.81. The van der Waals surface area contributed by atoms with E-state index in [0.717, 1.165) is 33.1 Å². The monoisotopic (exact) mass is 349 g/mol. The summed E-state index contributed by atoms with van der Waals surface area (Å²) in [5.41, 5.74) is 1.64. The molecule has 0 fully saturated rings. The maximum Gasteiger partial charge on any atom is 0.361 e. The molecule has 0 bridgehead atoms. The molecule has 0 spiro atoms. The third kappa shape index (κ3) is 2.72. The Morgan fingerprint density at radius 1 is 0.593 bits per heavy atom. The molecule has 0 amide bonds. The predicted octanol–water partition coefficient (Wildman–Crippen LogP) is 6.90. The van der Waals surface area contributed by atoms with Crippen LogP contribution < -0.4 is 0 Å². The number of rotatable bonds is 2. The molecule has 1 aromatic heterocycles. The van der Waals surface area contributed by atoms with E-state index in [9.17, 15) is 5.11 Å². The maximum absolute atomic E-state index is 10.3. The highest BCUT2D eigenvalue weighted by Gasteiger charge is 2.12. The average Bonchev–Trinajstić information content (AvgIpc) is 2.72. The van der Waals surface area contributed by atoms with Crippen LogP contribution in [0.5, 0.6) is 5.75 Å². The van der Waals surface area contributed by atoms with Crippen molar-refractivity contribution in [1.29, 1.82) is 0 Å². The Hall–Kier alpha value is -3.65. The van der Waals surface area contributed by atoms with Crippen molar-refractivity contribution in [1.82, 2.24) is 0 Å². The molecule has 0 unspecified atom stereocenters. The third-order valence-electron chi connectivity index (χ3n) is 4.93. The van der Waals surface area contributed by atoms with E-state index in [1.54, 1.807) is 6.07 Å². The Morgan fingerprint density at radius 2 is 1.30 bits per heavy atom. The highest BCUT2D eigenvalue weighted by Crippen LogP contribution is 2.30. The van der Waals surface area contributed by atoms with Crippen LogP contribution in [0.4, 0.5) is 0 Å². The van der Waals surface area contributed by atoms with E-state index >= 15 is 0 Å². The Balaban J connectivity index is 1.61. The summed E-state index contributed by atoms with van der Waals surface area (Å²) in [6.07, 6.45) is 3.81. The minimum Gasteiger partial charge on any atom is -0.507 e. The zero-order valence-electron chi connectivity index (χ0n) is 14.6. The molecular formula is C25H17O2+. The Kier molecular flexibility index (Phi) is 3.61. The number of aromatic hydroxyl groups is 1. The molecule has 0 radical (unpaired) electrons. The molecule has 1 heterocycles. The molecule has 27 heavy (non-hydrogen) atoms. The molecular weight excluding hydrogens is 332 g/mol. The number of phenolic OH excluding ortho intramolecular Hbond substituents is 1. The molecule has 4 aromatic carbocycles. The van der Waals surface area contributed by atoms with Crippen LogP contribution in [-0.4, -0.2) is 5.11 Å². The van der Waals surface area contributed by atoms with Gasteiger partial charge in [0.1, 0.15) is 5.75 Å². The van der Waals surface area contributed by atoms with Crippen LogP contribution in [0, 0.1) is 0 Å². The van der Waals surface area contributed by atoms with Crippen molar-refractivity contribution in [2.75, 3.05) is 0 Å². The minimum atomic E-state index is 0.261. The summed E-state index contributed by atoms with van der Waals surface area (Å²) in [4.78, 5) is 0. The molecule has 0 saturated carbocycles. The fourth-order valence-electron chi connectivity index (χ4n) is 3.58. The Bertz CT molecular complexity index is 1330. The summed E-state index contributed by atoms with van der Waals surface area (Å²) in [6, 6.07) is 28.1. The zero-order chi connectivity index (χ0) is 18.2. The van der Waals surface area contributed by atoms with Crippen LogP contribution in [0.1, 0.15) is 11.3 Å². The Morgan fingerprint density at radius 3 is 2.15 bits per heavy atom. The van der Waals surface area contributed by atoms with Gasteiger partial charge in [-0.2, -0.15) is 0 Å². The number of fused-ring (bicyclic) bond motifs is 4. The van der Waals surface area contributed by atoms with Gasteiger partial charge in [0.2, 0.25) is 0 Å². The van der Waals surface area contributed by atoms with Crippen molar-refractivity contribution in [3.63, 3.8) is 0 Å². The summed E-state index contributed by atoms with van der Waals surface area (Å²) >= 11 is 0. The van der Waals surface area contributed by atoms with Gasteiger partial charge < -0.3 is 5.11 Å². The molecule has 128 valence electrons. The van der Waals surface area contributed by atoms with Crippen LogP contribution in [-0.2, 0) is 0 Å². The molecule has 0 aliphatic carbocycles. The zero-order valence-corrected chi connectivity index (χ0v) is 14.6. The van der Waals surface area contributed by atoms with Gasteiger partial charge in [-0.3, -0.25) is 0 Å². The second-order valence-corrected chi connectivity index (χ2v) is 6.59.